The minimum Gasteiger partial charge on any atom is -0.320 e. The molecule has 0 aliphatic carbocycles. The standard InChI is InChI=1S/C15H10BrN3O/c16-14-6-2-5-13(18-14)15(20)19-12-4-1-3-10-7-8-17-9-11(10)12/h1-9H,(H,19,20). The van der Waals surface area contributed by atoms with Crippen LogP contribution in [0, 0.1) is 0 Å². The van der Waals surface area contributed by atoms with E-state index in [0.717, 1.165) is 16.5 Å². The van der Waals surface area contributed by atoms with E-state index in [9.17, 15) is 4.79 Å². The zero-order valence-corrected chi connectivity index (χ0v) is 12.0. The lowest BCUT2D eigenvalue weighted by Crippen LogP contribution is -2.13. The van der Waals surface area contributed by atoms with Gasteiger partial charge in [-0.1, -0.05) is 18.2 Å². The fourth-order valence-electron chi connectivity index (χ4n) is 1.94. The van der Waals surface area contributed by atoms with E-state index in [1.807, 2.05) is 24.3 Å². The summed E-state index contributed by atoms with van der Waals surface area (Å²) in [5, 5.41) is 4.80. The number of halogens is 1. The molecule has 0 aliphatic heterocycles. The second-order valence-electron chi connectivity index (χ2n) is 4.20. The number of nitrogens with zero attached hydrogens (tertiary/aromatic N) is 2. The number of fused-ring (bicyclic) bond motifs is 1. The summed E-state index contributed by atoms with van der Waals surface area (Å²) in [6, 6.07) is 12.8. The van der Waals surface area contributed by atoms with Crippen molar-refractivity contribution in [3.05, 3.63) is 65.2 Å². The summed E-state index contributed by atoms with van der Waals surface area (Å²) in [5.41, 5.74) is 1.09. The zero-order chi connectivity index (χ0) is 13.9. The van der Waals surface area contributed by atoms with Crippen LogP contribution < -0.4 is 5.32 Å². The highest BCUT2D eigenvalue weighted by atomic mass is 79.9. The van der Waals surface area contributed by atoms with Crippen molar-refractivity contribution in [2.24, 2.45) is 0 Å². The van der Waals surface area contributed by atoms with E-state index in [1.54, 1.807) is 30.6 Å². The van der Waals surface area contributed by atoms with Gasteiger partial charge in [0.25, 0.3) is 5.91 Å². The largest absolute Gasteiger partial charge is 0.320 e. The molecule has 1 N–H and O–H groups in total. The average molecular weight is 328 g/mol. The van der Waals surface area contributed by atoms with Crippen LogP contribution in [-0.4, -0.2) is 15.9 Å². The van der Waals surface area contributed by atoms with Gasteiger partial charge in [-0.25, -0.2) is 4.98 Å². The molecule has 20 heavy (non-hydrogen) atoms. The van der Waals surface area contributed by atoms with E-state index >= 15 is 0 Å². The number of amides is 1. The Balaban J connectivity index is 1.95. The summed E-state index contributed by atoms with van der Waals surface area (Å²) < 4.78 is 0.629. The van der Waals surface area contributed by atoms with Gasteiger partial charge in [-0.05, 0) is 45.6 Å². The molecular weight excluding hydrogens is 318 g/mol. The highest BCUT2D eigenvalue weighted by Gasteiger charge is 2.09. The Morgan fingerprint density at radius 3 is 2.80 bits per heavy atom. The molecule has 0 aliphatic rings. The Morgan fingerprint density at radius 2 is 1.95 bits per heavy atom. The number of carbonyl (C=O) groups is 1. The van der Waals surface area contributed by atoms with Crippen molar-refractivity contribution >= 4 is 38.3 Å². The van der Waals surface area contributed by atoms with E-state index in [4.69, 9.17) is 0 Å². The molecule has 1 amide bonds. The Hall–Kier alpha value is -2.27. The third-order valence-corrected chi connectivity index (χ3v) is 3.32. The van der Waals surface area contributed by atoms with Crippen LogP contribution in [0.15, 0.2) is 59.5 Å². The van der Waals surface area contributed by atoms with Crippen molar-refractivity contribution in [1.29, 1.82) is 0 Å². The van der Waals surface area contributed by atoms with Crippen LogP contribution >= 0.6 is 15.9 Å². The molecule has 1 aromatic carbocycles. The molecule has 0 unspecified atom stereocenters. The minimum absolute atomic E-state index is 0.248. The first-order valence-electron chi connectivity index (χ1n) is 6.01. The predicted octanol–water partition coefficient (Wildman–Crippen LogP) is 3.64. The molecule has 4 nitrogen and oxygen atoms in total. The first kappa shape index (κ1) is 12.7. The summed E-state index contributed by atoms with van der Waals surface area (Å²) in [5.74, 6) is -0.248. The normalized spacial score (nSPS) is 10.4. The van der Waals surface area contributed by atoms with Gasteiger partial charge in [-0.15, -0.1) is 0 Å². The Morgan fingerprint density at radius 1 is 1.10 bits per heavy atom. The molecule has 0 radical (unpaired) electrons. The van der Waals surface area contributed by atoms with Crippen molar-refractivity contribution in [1.82, 2.24) is 9.97 Å². The predicted molar refractivity (Wildman–Crippen MR) is 81.6 cm³/mol. The molecular formula is C15H10BrN3O. The number of hydrogen-bond acceptors (Lipinski definition) is 3. The van der Waals surface area contributed by atoms with Crippen LogP contribution in [0.2, 0.25) is 0 Å². The molecule has 5 heteroatoms. The van der Waals surface area contributed by atoms with Crippen molar-refractivity contribution in [2.45, 2.75) is 0 Å². The molecule has 2 aromatic heterocycles. The van der Waals surface area contributed by atoms with E-state index in [-0.39, 0.29) is 5.91 Å². The summed E-state index contributed by atoms with van der Waals surface area (Å²) in [6.07, 6.45) is 3.46. The molecule has 98 valence electrons. The molecule has 0 spiro atoms. The lowest BCUT2D eigenvalue weighted by atomic mass is 10.1. The smallest absolute Gasteiger partial charge is 0.274 e. The summed E-state index contributed by atoms with van der Waals surface area (Å²) in [6.45, 7) is 0. The SMILES string of the molecule is O=C(Nc1cccc2ccncc12)c1cccc(Br)n1. The molecule has 0 atom stereocenters. The molecule has 3 rings (SSSR count). The van der Waals surface area contributed by atoms with Crippen LogP contribution in [-0.2, 0) is 0 Å². The fourth-order valence-corrected chi connectivity index (χ4v) is 2.29. The second-order valence-corrected chi connectivity index (χ2v) is 5.01. The van der Waals surface area contributed by atoms with Gasteiger partial charge in [0.1, 0.15) is 10.3 Å². The minimum atomic E-state index is -0.248. The number of anilines is 1. The number of pyridine rings is 2. The first-order chi connectivity index (χ1) is 9.74. The van der Waals surface area contributed by atoms with Gasteiger partial charge < -0.3 is 5.32 Å². The van der Waals surface area contributed by atoms with Gasteiger partial charge in [0.2, 0.25) is 0 Å². The van der Waals surface area contributed by atoms with E-state index in [1.165, 1.54) is 0 Å². The highest BCUT2D eigenvalue weighted by molar-refractivity contribution is 9.10. The van der Waals surface area contributed by atoms with Gasteiger partial charge in [-0.2, -0.15) is 0 Å². The monoisotopic (exact) mass is 327 g/mol. The van der Waals surface area contributed by atoms with Crippen molar-refractivity contribution in [3.63, 3.8) is 0 Å². The quantitative estimate of drug-likeness (QED) is 0.731. The lowest BCUT2D eigenvalue weighted by molar-refractivity contribution is 0.102. The van der Waals surface area contributed by atoms with E-state index < -0.39 is 0 Å². The second kappa shape index (κ2) is 5.38. The number of carbonyl (C=O) groups excluding carboxylic acids is 1. The van der Waals surface area contributed by atoms with Crippen LogP contribution in [0.1, 0.15) is 10.5 Å². The third kappa shape index (κ3) is 2.53. The molecule has 0 saturated heterocycles. The van der Waals surface area contributed by atoms with Gasteiger partial charge >= 0.3 is 0 Å². The van der Waals surface area contributed by atoms with Crippen molar-refractivity contribution in [3.8, 4) is 0 Å². The third-order valence-electron chi connectivity index (χ3n) is 2.88. The summed E-state index contributed by atoms with van der Waals surface area (Å²) in [7, 11) is 0. The maximum atomic E-state index is 12.2. The lowest BCUT2D eigenvalue weighted by Gasteiger charge is -2.08. The molecule has 0 fully saturated rings. The molecule has 3 aromatic rings. The number of rotatable bonds is 2. The topological polar surface area (TPSA) is 54.9 Å². The Kier molecular flexibility index (Phi) is 3.43. The van der Waals surface area contributed by atoms with Crippen molar-refractivity contribution < 1.29 is 4.79 Å². The Bertz CT molecular complexity index is 783. The zero-order valence-electron chi connectivity index (χ0n) is 10.4. The number of aromatic nitrogens is 2. The van der Waals surface area contributed by atoms with Crippen LogP contribution in [0.25, 0.3) is 10.8 Å². The van der Waals surface area contributed by atoms with Crippen molar-refractivity contribution in [2.75, 3.05) is 5.32 Å². The molecule has 2 heterocycles. The Labute approximate surface area is 124 Å². The molecule has 0 saturated carbocycles. The number of benzene rings is 1. The van der Waals surface area contributed by atoms with Gasteiger partial charge in [-0.3, -0.25) is 9.78 Å². The van der Waals surface area contributed by atoms with Gasteiger partial charge in [0, 0.05) is 17.8 Å². The highest BCUT2D eigenvalue weighted by Crippen LogP contribution is 2.22. The maximum Gasteiger partial charge on any atom is 0.274 e. The maximum absolute atomic E-state index is 12.2. The van der Waals surface area contributed by atoms with Crippen LogP contribution in [0.3, 0.4) is 0 Å². The van der Waals surface area contributed by atoms with Gasteiger partial charge in [0.15, 0.2) is 0 Å². The first-order valence-corrected chi connectivity index (χ1v) is 6.80. The molecule has 0 bridgehead atoms. The summed E-state index contributed by atoms with van der Waals surface area (Å²) in [4.78, 5) is 20.4. The summed E-state index contributed by atoms with van der Waals surface area (Å²) >= 11 is 3.25. The van der Waals surface area contributed by atoms with Crippen LogP contribution in [0.4, 0.5) is 5.69 Å². The van der Waals surface area contributed by atoms with E-state index in [2.05, 4.69) is 31.2 Å². The number of hydrogen-bond donors (Lipinski definition) is 1. The van der Waals surface area contributed by atoms with E-state index in [0.29, 0.717) is 10.3 Å². The van der Waals surface area contributed by atoms with Crippen LogP contribution in [0.5, 0.6) is 0 Å². The number of nitrogens with one attached hydrogen (secondary N) is 1. The fraction of sp³-hybridized carbons (Fsp3) is 0. The van der Waals surface area contributed by atoms with Gasteiger partial charge in [0.05, 0.1) is 5.69 Å². The average Bonchev–Trinajstić information content (AvgIpc) is 2.47.